The molecule has 174 valence electrons. The van der Waals surface area contributed by atoms with E-state index in [0.29, 0.717) is 6.67 Å². The minimum Gasteiger partial charge on any atom is -0.393 e. The molecule has 33 heavy (non-hydrogen) atoms. The van der Waals surface area contributed by atoms with Crippen molar-refractivity contribution >= 4 is 29.7 Å². The van der Waals surface area contributed by atoms with Crippen LogP contribution in [0.3, 0.4) is 0 Å². The molecule has 0 aliphatic carbocycles. The molecule has 0 spiro atoms. The summed E-state index contributed by atoms with van der Waals surface area (Å²) in [5.41, 5.74) is 3.39. The highest BCUT2D eigenvalue weighted by atomic mass is 16.3. The summed E-state index contributed by atoms with van der Waals surface area (Å²) in [5.74, 6) is 1.05. The van der Waals surface area contributed by atoms with Crippen LogP contribution >= 0.6 is 0 Å². The Hall–Kier alpha value is -3.16. The van der Waals surface area contributed by atoms with Crippen molar-refractivity contribution in [3.63, 3.8) is 0 Å². The van der Waals surface area contributed by atoms with Crippen LogP contribution in [-0.4, -0.2) is 63.3 Å². The van der Waals surface area contributed by atoms with Gasteiger partial charge in [-0.25, -0.2) is 9.97 Å². The third kappa shape index (κ3) is 7.17. The first-order valence-corrected chi connectivity index (χ1v) is 11.5. The van der Waals surface area contributed by atoms with Gasteiger partial charge in [-0.2, -0.15) is 0 Å². The second-order valence-corrected chi connectivity index (χ2v) is 8.10. The summed E-state index contributed by atoms with van der Waals surface area (Å²) in [5, 5.41) is 9.59. The lowest BCUT2D eigenvalue weighted by molar-refractivity contribution is 0.0843. The Morgan fingerprint density at radius 3 is 2.39 bits per heavy atom. The predicted molar refractivity (Wildman–Crippen MR) is 137 cm³/mol. The van der Waals surface area contributed by atoms with E-state index in [2.05, 4.69) is 38.1 Å². The van der Waals surface area contributed by atoms with Gasteiger partial charge >= 0.3 is 0 Å². The van der Waals surface area contributed by atoms with Crippen LogP contribution in [0.5, 0.6) is 0 Å². The number of likely N-dealkylation sites (tertiary alicyclic amines) is 1. The fourth-order valence-corrected chi connectivity index (χ4v) is 3.68. The van der Waals surface area contributed by atoms with Gasteiger partial charge in [-0.05, 0) is 38.1 Å². The molecule has 7 nitrogen and oxygen atoms in total. The number of aliphatic hydroxyl groups is 1. The smallest absolute Gasteiger partial charge is 0.160 e. The highest BCUT2D eigenvalue weighted by Crippen LogP contribution is 2.18. The number of rotatable bonds is 7. The number of aliphatic hydroxyl groups excluding tert-OH is 1. The summed E-state index contributed by atoms with van der Waals surface area (Å²) in [6, 6.07) is 15.9. The third-order valence-corrected chi connectivity index (χ3v) is 5.54. The number of benzene rings is 1. The molecule has 4 rings (SSSR count). The van der Waals surface area contributed by atoms with Gasteiger partial charge in [0.2, 0.25) is 0 Å². The second-order valence-electron chi connectivity index (χ2n) is 8.10. The van der Waals surface area contributed by atoms with Gasteiger partial charge in [-0.15, -0.1) is 0 Å². The number of imidazole rings is 1. The van der Waals surface area contributed by atoms with E-state index in [1.807, 2.05) is 55.6 Å². The molecule has 1 fully saturated rings. The number of aryl methyl sites for hydroxylation is 2. The van der Waals surface area contributed by atoms with Crippen molar-refractivity contribution in [2.75, 3.05) is 19.8 Å². The topological polar surface area (TPSA) is 78.9 Å². The van der Waals surface area contributed by atoms with Crippen molar-refractivity contribution in [1.29, 1.82) is 0 Å². The van der Waals surface area contributed by atoms with Gasteiger partial charge in [-0.1, -0.05) is 43.3 Å². The average molecular weight is 447 g/mol. The van der Waals surface area contributed by atoms with E-state index in [4.69, 9.17) is 4.98 Å². The van der Waals surface area contributed by atoms with Crippen LogP contribution in [0.25, 0.3) is 16.7 Å². The van der Waals surface area contributed by atoms with Crippen LogP contribution in [0.1, 0.15) is 37.7 Å². The lowest BCUT2D eigenvalue weighted by Gasteiger charge is -2.27. The van der Waals surface area contributed by atoms with Crippen molar-refractivity contribution in [3.8, 4) is 0 Å². The molecule has 3 heterocycles. The van der Waals surface area contributed by atoms with Gasteiger partial charge in [-0.3, -0.25) is 14.9 Å². The molecule has 1 aliphatic heterocycles. The highest BCUT2D eigenvalue weighted by molar-refractivity contribution is 6.09. The van der Waals surface area contributed by atoms with Crippen molar-refractivity contribution < 1.29 is 5.11 Å². The number of nitrogens with zero attached hydrogens (tertiary/aromatic N) is 6. The average Bonchev–Trinajstić information content (AvgIpc) is 3.16. The lowest BCUT2D eigenvalue weighted by atomic mass is 10.1. The van der Waals surface area contributed by atoms with Crippen LogP contribution in [0.2, 0.25) is 0 Å². The molecule has 0 saturated carbocycles. The largest absolute Gasteiger partial charge is 0.393 e. The van der Waals surface area contributed by atoms with Gasteiger partial charge in [0.15, 0.2) is 5.65 Å². The normalized spacial score (nSPS) is 15.5. The minimum atomic E-state index is -0.168. The fourth-order valence-electron chi connectivity index (χ4n) is 3.68. The Morgan fingerprint density at radius 1 is 1.12 bits per heavy atom. The molecule has 0 amide bonds. The van der Waals surface area contributed by atoms with E-state index >= 15 is 0 Å². The maximum absolute atomic E-state index is 9.59. The standard InChI is InChI=1S/C20H28N6O.C6H6/c1-4-5-19-23-18-7-6-17(24-20(18)25(19)3)15(12-21-2)13-22-14-26-10-8-16(27)9-11-26;1-2-4-6-5-3-1/h6-7,12-13,16,27H,2,4-5,8-11,14H2,1,3H3;1-6H/b15-12+,22-13-;. The maximum atomic E-state index is 9.59. The number of fused-ring (bicyclic) bond motifs is 1. The van der Waals surface area contributed by atoms with Crippen LogP contribution < -0.4 is 0 Å². The van der Waals surface area contributed by atoms with Gasteiger partial charge in [0.25, 0.3) is 0 Å². The van der Waals surface area contributed by atoms with Crippen LogP contribution in [0, 0.1) is 0 Å². The monoisotopic (exact) mass is 446 g/mol. The van der Waals surface area contributed by atoms with E-state index in [0.717, 1.165) is 67.0 Å². The molecule has 3 aromatic rings. The Kier molecular flexibility index (Phi) is 9.47. The molecule has 1 saturated heterocycles. The van der Waals surface area contributed by atoms with E-state index in [-0.39, 0.29) is 6.10 Å². The lowest BCUT2D eigenvalue weighted by Crippen LogP contribution is -2.35. The molecule has 1 aliphatic rings. The first-order valence-electron chi connectivity index (χ1n) is 11.5. The number of piperidine rings is 1. The molecule has 1 aromatic carbocycles. The van der Waals surface area contributed by atoms with Crippen molar-refractivity contribution in [2.45, 2.75) is 38.7 Å². The summed E-state index contributed by atoms with van der Waals surface area (Å²) in [4.78, 5) is 20.1. The molecule has 1 N–H and O–H groups in total. The Labute approximate surface area is 196 Å². The number of allylic oxidation sites excluding steroid dienone is 1. The number of hydrogen-bond donors (Lipinski definition) is 1. The Morgan fingerprint density at radius 2 is 1.79 bits per heavy atom. The van der Waals surface area contributed by atoms with E-state index < -0.39 is 0 Å². The number of pyridine rings is 1. The van der Waals surface area contributed by atoms with Crippen molar-refractivity contribution in [2.24, 2.45) is 17.0 Å². The van der Waals surface area contributed by atoms with Gasteiger partial charge in [0.05, 0.1) is 18.5 Å². The van der Waals surface area contributed by atoms with Crippen LogP contribution in [0.15, 0.2) is 64.7 Å². The van der Waals surface area contributed by atoms with Gasteiger partial charge < -0.3 is 9.67 Å². The summed E-state index contributed by atoms with van der Waals surface area (Å²) in [7, 11) is 2.01. The maximum Gasteiger partial charge on any atom is 0.160 e. The zero-order valence-electron chi connectivity index (χ0n) is 19.6. The number of aromatic nitrogens is 3. The molecule has 7 heteroatoms. The van der Waals surface area contributed by atoms with Crippen LogP contribution in [0.4, 0.5) is 0 Å². The molecule has 2 aromatic heterocycles. The van der Waals surface area contributed by atoms with Crippen LogP contribution in [-0.2, 0) is 13.5 Å². The quantitative estimate of drug-likeness (QED) is 0.554. The molecule has 0 radical (unpaired) electrons. The molecule has 0 atom stereocenters. The molecule has 0 bridgehead atoms. The summed E-state index contributed by atoms with van der Waals surface area (Å²) < 4.78 is 2.05. The van der Waals surface area contributed by atoms with Gasteiger partial charge in [0, 0.05) is 44.5 Å². The zero-order chi connectivity index (χ0) is 23.5. The number of hydrogen-bond acceptors (Lipinski definition) is 6. The Balaban J connectivity index is 0.000000442. The van der Waals surface area contributed by atoms with Crippen molar-refractivity contribution in [3.05, 3.63) is 66.2 Å². The fraction of sp³-hybridized carbons (Fsp3) is 0.385. The SMILES string of the molecule is C=N/C=C(\C=N/CN1CCC(O)CC1)c1ccc2nc(CCC)n(C)c2n1.c1ccccc1. The van der Waals surface area contributed by atoms with Crippen molar-refractivity contribution in [1.82, 2.24) is 19.4 Å². The first kappa shape index (κ1) is 24.5. The van der Waals surface area contributed by atoms with E-state index in [1.54, 1.807) is 12.4 Å². The van der Waals surface area contributed by atoms with E-state index in [9.17, 15) is 5.11 Å². The molecular formula is C26H34N6O. The number of aliphatic imine (C=N–C) groups is 2. The molecular weight excluding hydrogens is 412 g/mol. The first-order chi connectivity index (χ1) is 16.1. The van der Waals surface area contributed by atoms with E-state index in [1.165, 1.54) is 0 Å². The summed E-state index contributed by atoms with van der Waals surface area (Å²) in [6.07, 6.45) is 6.92. The predicted octanol–water partition coefficient (Wildman–Crippen LogP) is 4.13. The highest BCUT2D eigenvalue weighted by Gasteiger charge is 2.16. The minimum absolute atomic E-state index is 0.168. The summed E-state index contributed by atoms with van der Waals surface area (Å²) in [6.45, 7) is 8.07. The second kappa shape index (κ2) is 12.8. The Bertz CT molecular complexity index is 1040. The zero-order valence-corrected chi connectivity index (χ0v) is 19.6. The third-order valence-electron chi connectivity index (χ3n) is 5.54. The van der Waals surface area contributed by atoms with Gasteiger partial charge in [0.1, 0.15) is 11.3 Å². The summed E-state index contributed by atoms with van der Waals surface area (Å²) >= 11 is 0. The molecule has 0 unspecified atom stereocenters.